The number of β-amino-alcohol motifs (C(OH)–C–C–N with tert-alkyl or cyclic N) is 1. The summed E-state index contributed by atoms with van der Waals surface area (Å²) in [5, 5.41) is 9.13. The van der Waals surface area contributed by atoms with Gasteiger partial charge in [-0.05, 0) is 18.6 Å². The van der Waals surface area contributed by atoms with Crippen molar-refractivity contribution >= 4 is 5.82 Å². The van der Waals surface area contributed by atoms with Crippen LogP contribution in [0, 0.1) is 0 Å². The Morgan fingerprint density at radius 1 is 1.57 bits per heavy atom. The van der Waals surface area contributed by atoms with Gasteiger partial charge >= 0.3 is 0 Å². The molecular formula is C10H15N3O. The molecule has 14 heavy (non-hydrogen) atoms. The number of aromatic nitrogens is 1. The van der Waals surface area contributed by atoms with E-state index in [1.807, 2.05) is 24.0 Å². The van der Waals surface area contributed by atoms with Gasteiger partial charge in [0.2, 0.25) is 0 Å². The van der Waals surface area contributed by atoms with E-state index in [9.17, 15) is 0 Å². The predicted octanol–water partition coefficient (Wildman–Crippen LogP) is 0.282. The van der Waals surface area contributed by atoms with E-state index in [2.05, 4.69) is 4.98 Å². The Morgan fingerprint density at radius 2 is 2.29 bits per heavy atom. The van der Waals surface area contributed by atoms with Crippen molar-refractivity contribution in [2.24, 2.45) is 5.73 Å². The monoisotopic (exact) mass is 193 g/mol. The molecule has 0 aliphatic carbocycles. The lowest BCUT2D eigenvalue weighted by Crippen LogP contribution is -2.51. The third-order valence-electron chi connectivity index (χ3n) is 2.48. The zero-order chi connectivity index (χ0) is 10.1. The molecule has 0 saturated carbocycles. The quantitative estimate of drug-likeness (QED) is 0.708. The fraction of sp³-hybridized carbons (Fsp3) is 0.500. The van der Waals surface area contributed by atoms with Crippen molar-refractivity contribution in [3.05, 3.63) is 23.9 Å². The van der Waals surface area contributed by atoms with E-state index < -0.39 is 0 Å². The lowest BCUT2D eigenvalue weighted by atomic mass is 10.1. The second-order valence-corrected chi connectivity index (χ2v) is 3.80. The molecule has 4 nitrogen and oxygen atoms in total. The summed E-state index contributed by atoms with van der Waals surface area (Å²) >= 11 is 0. The van der Waals surface area contributed by atoms with E-state index in [0.29, 0.717) is 13.1 Å². The van der Waals surface area contributed by atoms with E-state index >= 15 is 0 Å². The molecule has 4 heteroatoms. The van der Waals surface area contributed by atoms with Crippen molar-refractivity contribution in [2.75, 3.05) is 18.0 Å². The standard InChI is InChI=1S/C10H15N3O/c1-7(11)8-2-3-10(12-4-8)13-5-9(14)6-13/h2-4,7,9,14H,5-6,11H2,1H3/t7-/m0/s1. The minimum Gasteiger partial charge on any atom is -0.389 e. The number of nitrogens with zero attached hydrogens (tertiary/aromatic N) is 2. The molecule has 2 heterocycles. The molecule has 0 bridgehead atoms. The molecule has 1 aliphatic heterocycles. The van der Waals surface area contributed by atoms with Gasteiger partial charge in [-0.1, -0.05) is 6.07 Å². The highest BCUT2D eigenvalue weighted by atomic mass is 16.3. The Bertz CT molecular complexity index is 304. The van der Waals surface area contributed by atoms with Crippen LogP contribution in [0.2, 0.25) is 0 Å². The third-order valence-corrected chi connectivity index (χ3v) is 2.48. The van der Waals surface area contributed by atoms with Crippen LogP contribution in [0.4, 0.5) is 5.82 Å². The molecular weight excluding hydrogens is 178 g/mol. The van der Waals surface area contributed by atoms with Gasteiger partial charge in [-0.2, -0.15) is 0 Å². The van der Waals surface area contributed by atoms with Gasteiger partial charge in [-0.15, -0.1) is 0 Å². The van der Waals surface area contributed by atoms with Crippen molar-refractivity contribution < 1.29 is 5.11 Å². The molecule has 76 valence electrons. The number of anilines is 1. The average Bonchev–Trinajstić information content (AvgIpc) is 2.13. The molecule has 2 rings (SSSR count). The minimum atomic E-state index is -0.190. The molecule has 1 aromatic heterocycles. The largest absolute Gasteiger partial charge is 0.389 e. The second-order valence-electron chi connectivity index (χ2n) is 3.80. The van der Waals surface area contributed by atoms with E-state index in [1.54, 1.807) is 6.20 Å². The van der Waals surface area contributed by atoms with Crippen LogP contribution in [-0.4, -0.2) is 29.3 Å². The van der Waals surface area contributed by atoms with Crippen LogP contribution in [0.5, 0.6) is 0 Å². The van der Waals surface area contributed by atoms with Crippen molar-refractivity contribution in [1.29, 1.82) is 0 Å². The topological polar surface area (TPSA) is 62.4 Å². The fourth-order valence-electron chi connectivity index (χ4n) is 1.50. The van der Waals surface area contributed by atoms with Gasteiger partial charge in [-0.3, -0.25) is 0 Å². The van der Waals surface area contributed by atoms with Crippen LogP contribution in [0.25, 0.3) is 0 Å². The van der Waals surface area contributed by atoms with Gasteiger partial charge < -0.3 is 15.7 Å². The van der Waals surface area contributed by atoms with Crippen LogP contribution in [0.15, 0.2) is 18.3 Å². The molecule has 0 amide bonds. The van der Waals surface area contributed by atoms with Gasteiger partial charge in [0.1, 0.15) is 5.82 Å². The van der Waals surface area contributed by atoms with E-state index in [4.69, 9.17) is 10.8 Å². The molecule has 0 radical (unpaired) electrons. The van der Waals surface area contributed by atoms with Gasteiger partial charge in [0.05, 0.1) is 6.10 Å². The summed E-state index contributed by atoms with van der Waals surface area (Å²) in [4.78, 5) is 6.33. The summed E-state index contributed by atoms with van der Waals surface area (Å²) in [7, 11) is 0. The molecule has 1 fully saturated rings. The maximum absolute atomic E-state index is 9.13. The highest BCUT2D eigenvalue weighted by Crippen LogP contribution is 2.19. The summed E-state index contributed by atoms with van der Waals surface area (Å²) in [5.41, 5.74) is 6.75. The number of hydrogen-bond donors (Lipinski definition) is 2. The first-order chi connectivity index (χ1) is 6.66. The number of pyridine rings is 1. The zero-order valence-electron chi connectivity index (χ0n) is 8.22. The maximum atomic E-state index is 9.13. The average molecular weight is 193 g/mol. The Balaban J connectivity index is 2.07. The normalized spacial score (nSPS) is 19.2. The molecule has 0 spiro atoms. The lowest BCUT2D eigenvalue weighted by Gasteiger charge is -2.36. The summed E-state index contributed by atoms with van der Waals surface area (Å²) in [6, 6.07) is 3.96. The Labute approximate surface area is 83.4 Å². The second kappa shape index (κ2) is 3.55. The number of aliphatic hydroxyl groups is 1. The van der Waals surface area contributed by atoms with Crippen molar-refractivity contribution in [3.8, 4) is 0 Å². The van der Waals surface area contributed by atoms with Gasteiger partial charge in [0.15, 0.2) is 0 Å². The number of rotatable bonds is 2. The van der Waals surface area contributed by atoms with Crippen LogP contribution in [0.3, 0.4) is 0 Å². The van der Waals surface area contributed by atoms with E-state index in [-0.39, 0.29) is 12.1 Å². The first-order valence-corrected chi connectivity index (χ1v) is 4.81. The zero-order valence-corrected chi connectivity index (χ0v) is 8.22. The first kappa shape index (κ1) is 9.43. The molecule has 0 unspecified atom stereocenters. The summed E-state index contributed by atoms with van der Waals surface area (Å²) < 4.78 is 0. The Hall–Kier alpha value is -1.13. The number of nitrogens with two attached hydrogens (primary N) is 1. The van der Waals surface area contributed by atoms with Gasteiger partial charge in [0, 0.05) is 25.3 Å². The fourth-order valence-corrected chi connectivity index (χ4v) is 1.50. The third kappa shape index (κ3) is 1.71. The van der Waals surface area contributed by atoms with Gasteiger partial charge in [-0.25, -0.2) is 4.98 Å². The summed E-state index contributed by atoms with van der Waals surface area (Å²) in [5.74, 6) is 0.916. The lowest BCUT2D eigenvalue weighted by molar-refractivity contribution is 0.141. The molecule has 0 aromatic carbocycles. The first-order valence-electron chi connectivity index (χ1n) is 4.81. The van der Waals surface area contributed by atoms with Crippen LogP contribution in [0.1, 0.15) is 18.5 Å². The van der Waals surface area contributed by atoms with Gasteiger partial charge in [0.25, 0.3) is 0 Å². The number of hydrogen-bond acceptors (Lipinski definition) is 4. The molecule has 3 N–H and O–H groups in total. The summed E-state index contributed by atoms with van der Waals surface area (Å²) in [6.45, 7) is 3.30. The highest BCUT2D eigenvalue weighted by molar-refractivity contribution is 5.42. The number of aliphatic hydroxyl groups excluding tert-OH is 1. The van der Waals surface area contributed by atoms with E-state index in [1.165, 1.54) is 0 Å². The summed E-state index contributed by atoms with van der Waals surface area (Å²) in [6.07, 6.45) is 1.61. The smallest absolute Gasteiger partial charge is 0.128 e. The maximum Gasteiger partial charge on any atom is 0.128 e. The Morgan fingerprint density at radius 3 is 2.71 bits per heavy atom. The highest BCUT2D eigenvalue weighted by Gasteiger charge is 2.25. The molecule has 1 saturated heterocycles. The van der Waals surface area contributed by atoms with E-state index in [0.717, 1.165) is 11.4 Å². The predicted molar refractivity (Wildman–Crippen MR) is 55.1 cm³/mol. The van der Waals surface area contributed by atoms with Crippen molar-refractivity contribution in [1.82, 2.24) is 4.98 Å². The Kier molecular flexibility index (Phi) is 2.39. The van der Waals surface area contributed by atoms with Crippen LogP contribution < -0.4 is 10.6 Å². The van der Waals surface area contributed by atoms with Crippen molar-refractivity contribution in [3.63, 3.8) is 0 Å². The SMILES string of the molecule is C[C@H](N)c1ccc(N2CC(O)C2)nc1. The van der Waals surface area contributed by atoms with Crippen molar-refractivity contribution in [2.45, 2.75) is 19.1 Å². The molecule has 1 aromatic rings. The molecule has 1 aliphatic rings. The minimum absolute atomic E-state index is 0.0264. The van der Waals surface area contributed by atoms with Crippen LogP contribution in [-0.2, 0) is 0 Å². The molecule has 1 atom stereocenters. The van der Waals surface area contributed by atoms with Crippen LogP contribution >= 0.6 is 0 Å².